The lowest BCUT2D eigenvalue weighted by atomic mass is 10.1. The van der Waals surface area contributed by atoms with Crippen LogP contribution in [0.15, 0.2) is 54.0 Å². The molecular formula is C16H15N3O. The number of nitrogens with zero attached hydrogens (tertiary/aromatic N) is 2. The Hall–Kier alpha value is -2.62. The van der Waals surface area contributed by atoms with Crippen molar-refractivity contribution in [3.63, 3.8) is 0 Å². The summed E-state index contributed by atoms with van der Waals surface area (Å²) in [7, 11) is 0. The molecule has 0 unspecified atom stereocenters. The van der Waals surface area contributed by atoms with Gasteiger partial charge in [-0.2, -0.15) is 0 Å². The number of nitrogens with one attached hydrogen (secondary N) is 1. The molecule has 0 saturated heterocycles. The Bertz CT molecular complexity index is 828. The van der Waals surface area contributed by atoms with Crippen LogP contribution in [-0.4, -0.2) is 14.6 Å². The van der Waals surface area contributed by atoms with E-state index in [0.29, 0.717) is 17.6 Å². The van der Waals surface area contributed by atoms with Crippen molar-refractivity contribution in [2.45, 2.75) is 13.3 Å². The molecule has 0 bridgehead atoms. The van der Waals surface area contributed by atoms with Crippen molar-refractivity contribution >= 4 is 5.65 Å². The predicted octanol–water partition coefficient (Wildman–Crippen LogP) is 2.73. The molecule has 0 fully saturated rings. The molecule has 0 spiro atoms. The summed E-state index contributed by atoms with van der Waals surface area (Å²) in [4.78, 5) is 17.0. The van der Waals surface area contributed by atoms with Gasteiger partial charge in [0.2, 0.25) is 0 Å². The highest BCUT2D eigenvalue weighted by Crippen LogP contribution is 2.22. The van der Waals surface area contributed by atoms with Crippen molar-refractivity contribution in [2.24, 2.45) is 0 Å². The van der Waals surface area contributed by atoms with Crippen LogP contribution in [-0.2, 0) is 6.42 Å². The first-order chi connectivity index (χ1) is 9.72. The maximum Gasteiger partial charge on any atom is 0.276 e. The van der Waals surface area contributed by atoms with E-state index in [0.717, 1.165) is 16.8 Å². The van der Waals surface area contributed by atoms with Crippen molar-refractivity contribution in [2.75, 3.05) is 0 Å². The highest BCUT2D eigenvalue weighted by molar-refractivity contribution is 5.76. The molecule has 0 aliphatic heterocycles. The topological polar surface area (TPSA) is 50.2 Å². The number of fused-ring (bicyclic) bond motifs is 1. The molecule has 1 aromatic carbocycles. The van der Waals surface area contributed by atoms with Crippen molar-refractivity contribution in [3.05, 3.63) is 70.8 Å². The molecule has 0 aliphatic carbocycles. The number of H-pyrrole nitrogens is 1. The quantitative estimate of drug-likeness (QED) is 0.740. The van der Waals surface area contributed by atoms with Gasteiger partial charge in [0.15, 0.2) is 5.65 Å². The van der Waals surface area contributed by atoms with Crippen LogP contribution in [0.5, 0.6) is 0 Å². The second-order valence-electron chi connectivity index (χ2n) is 4.69. The fraction of sp³-hybridized carbons (Fsp3) is 0.125. The van der Waals surface area contributed by atoms with E-state index in [2.05, 4.69) is 16.7 Å². The Balaban J connectivity index is 2.30. The van der Waals surface area contributed by atoms with Gasteiger partial charge >= 0.3 is 0 Å². The van der Waals surface area contributed by atoms with Crippen molar-refractivity contribution < 1.29 is 0 Å². The molecule has 20 heavy (non-hydrogen) atoms. The number of hydrogen-bond donors (Lipinski definition) is 1. The van der Waals surface area contributed by atoms with E-state index in [1.165, 1.54) is 4.52 Å². The number of allylic oxidation sites excluding steroid dienone is 1. The third kappa shape index (κ3) is 1.86. The van der Waals surface area contributed by atoms with Gasteiger partial charge in [-0.15, -0.1) is 6.58 Å². The SMILES string of the molecule is C=CCc1c(C)nc2c(-c3ccccc3)c[nH]n2c1=O. The lowest BCUT2D eigenvalue weighted by Gasteiger charge is -2.04. The summed E-state index contributed by atoms with van der Waals surface area (Å²) in [6.45, 7) is 5.55. The van der Waals surface area contributed by atoms with Crippen molar-refractivity contribution in [3.8, 4) is 11.1 Å². The van der Waals surface area contributed by atoms with Gasteiger partial charge in [0.25, 0.3) is 5.56 Å². The largest absolute Gasteiger partial charge is 0.296 e. The minimum atomic E-state index is -0.0606. The second-order valence-corrected chi connectivity index (χ2v) is 4.69. The van der Waals surface area contributed by atoms with Crippen LogP contribution in [0.25, 0.3) is 16.8 Å². The van der Waals surface area contributed by atoms with Crippen molar-refractivity contribution in [1.29, 1.82) is 0 Å². The zero-order valence-electron chi connectivity index (χ0n) is 11.3. The van der Waals surface area contributed by atoms with Gasteiger partial charge < -0.3 is 0 Å². The first-order valence-corrected chi connectivity index (χ1v) is 6.48. The smallest absolute Gasteiger partial charge is 0.276 e. The number of benzene rings is 1. The van der Waals surface area contributed by atoms with Crippen LogP contribution in [0.2, 0.25) is 0 Å². The van der Waals surface area contributed by atoms with Gasteiger partial charge in [-0.25, -0.2) is 9.50 Å². The Morgan fingerprint density at radius 3 is 2.80 bits per heavy atom. The van der Waals surface area contributed by atoms with Crippen LogP contribution in [0.4, 0.5) is 0 Å². The van der Waals surface area contributed by atoms with E-state index in [-0.39, 0.29) is 5.56 Å². The maximum atomic E-state index is 12.4. The van der Waals surface area contributed by atoms with Crippen molar-refractivity contribution in [1.82, 2.24) is 14.6 Å². The van der Waals surface area contributed by atoms with Gasteiger partial charge in [-0.05, 0) is 18.9 Å². The zero-order valence-corrected chi connectivity index (χ0v) is 11.3. The van der Waals surface area contributed by atoms with Gasteiger partial charge in [0.05, 0.1) is 0 Å². The van der Waals surface area contributed by atoms with E-state index >= 15 is 0 Å². The summed E-state index contributed by atoms with van der Waals surface area (Å²) in [5.41, 5.74) is 4.00. The van der Waals surface area contributed by atoms with E-state index in [1.54, 1.807) is 6.08 Å². The standard InChI is InChI=1S/C16H15N3O/c1-3-7-13-11(2)18-15-14(10-17-19(15)16(13)20)12-8-5-4-6-9-12/h3-6,8-10,17H,1,7H2,2H3. The Labute approximate surface area is 116 Å². The molecule has 100 valence electrons. The average Bonchev–Trinajstić information content (AvgIpc) is 2.88. The highest BCUT2D eigenvalue weighted by atomic mass is 16.1. The minimum absolute atomic E-state index is 0.0606. The molecule has 0 radical (unpaired) electrons. The van der Waals surface area contributed by atoms with E-state index in [4.69, 9.17) is 0 Å². The lowest BCUT2D eigenvalue weighted by Crippen LogP contribution is -2.21. The van der Waals surface area contributed by atoms with Gasteiger partial charge in [-0.3, -0.25) is 9.89 Å². The number of aromatic amines is 1. The molecule has 0 saturated carbocycles. The fourth-order valence-electron chi connectivity index (χ4n) is 2.37. The monoisotopic (exact) mass is 265 g/mol. The summed E-state index contributed by atoms with van der Waals surface area (Å²) >= 11 is 0. The van der Waals surface area contributed by atoms with Crippen LogP contribution >= 0.6 is 0 Å². The molecule has 3 rings (SSSR count). The number of rotatable bonds is 3. The molecule has 0 aliphatic rings. The third-order valence-electron chi connectivity index (χ3n) is 3.40. The summed E-state index contributed by atoms with van der Waals surface area (Å²) < 4.78 is 1.49. The van der Waals surface area contributed by atoms with Gasteiger partial charge in [-0.1, -0.05) is 36.4 Å². The lowest BCUT2D eigenvalue weighted by molar-refractivity contribution is 0.863. The predicted molar refractivity (Wildman–Crippen MR) is 79.9 cm³/mol. The number of aromatic nitrogens is 3. The van der Waals surface area contributed by atoms with E-state index in [1.807, 2.05) is 43.5 Å². The average molecular weight is 265 g/mol. The molecule has 3 aromatic rings. The molecule has 4 heteroatoms. The number of aryl methyl sites for hydroxylation is 1. The summed E-state index contributed by atoms with van der Waals surface area (Å²) in [6.07, 6.45) is 4.06. The van der Waals surface area contributed by atoms with E-state index < -0.39 is 0 Å². The second kappa shape index (κ2) is 4.81. The molecule has 0 atom stereocenters. The first kappa shape index (κ1) is 12.4. The Morgan fingerprint density at radius 1 is 1.35 bits per heavy atom. The first-order valence-electron chi connectivity index (χ1n) is 6.48. The third-order valence-corrected chi connectivity index (χ3v) is 3.40. The van der Waals surface area contributed by atoms with E-state index in [9.17, 15) is 4.79 Å². The normalized spacial score (nSPS) is 10.8. The van der Waals surface area contributed by atoms with Crippen LogP contribution in [0.1, 0.15) is 11.3 Å². The number of hydrogen-bond acceptors (Lipinski definition) is 2. The summed E-state index contributed by atoms with van der Waals surface area (Å²) in [5.74, 6) is 0. The zero-order chi connectivity index (χ0) is 14.1. The molecule has 4 nitrogen and oxygen atoms in total. The van der Waals surface area contributed by atoms with Gasteiger partial charge in [0, 0.05) is 23.0 Å². The minimum Gasteiger partial charge on any atom is -0.296 e. The fourth-order valence-corrected chi connectivity index (χ4v) is 2.37. The Morgan fingerprint density at radius 2 is 2.10 bits per heavy atom. The molecule has 2 heterocycles. The van der Waals surface area contributed by atoms with Crippen LogP contribution in [0.3, 0.4) is 0 Å². The molecule has 0 amide bonds. The summed E-state index contributed by atoms with van der Waals surface area (Å²) in [5, 5.41) is 2.99. The van der Waals surface area contributed by atoms with Crippen LogP contribution in [0, 0.1) is 6.92 Å². The molecular weight excluding hydrogens is 250 g/mol. The summed E-state index contributed by atoms with van der Waals surface area (Å²) in [6, 6.07) is 9.90. The van der Waals surface area contributed by atoms with Crippen LogP contribution < -0.4 is 5.56 Å². The highest BCUT2D eigenvalue weighted by Gasteiger charge is 2.13. The molecule has 1 N–H and O–H groups in total. The maximum absolute atomic E-state index is 12.4. The molecule has 2 aromatic heterocycles. The Kier molecular flexibility index (Phi) is 2.99. The van der Waals surface area contributed by atoms with Gasteiger partial charge in [0.1, 0.15) is 0 Å².